The lowest BCUT2D eigenvalue weighted by molar-refractivity contribution is 0.121. The molecule has 1 aromatic rings. The number of carbonyl (C=O) groups is 1. The van der Waals surface area contributed by atoms with Crippen molar-refractivity contribution in [3.8, 4) is 0 Å². The van der Waals surface area contributed by atoms with Crippen molar-refractivity contribution in [2.45, 2.75) is 31.6 Å². The van der Waals surface area contributed by atoms with Crippen LogP contribution < -0.4 is 10.6 Å². The van der Waals surface area contributed by atoms with Crippen LogP contribution in [-0.4, -0.2) is 48.8 Å². The number of para-hydroxylation sites is 1. The second kappa shape index (κ2) is 7.79. The molecule has 0 spiro atoms. The van der Waals surface area contributed by atoms with Gasteiger partial charge in [0.25, 0.3) is 0 Å². The molecule has 1 aliphatic heterocycles. The standard InChI is InChI=1S/C18H27N3O2/c22-13-14-4-3-10-21(12-14)11-9-19-18(23)20-17-6-2-1-5-16(17)15-7-8-15/h1-2,5-6,14-15,22H,3-4,7-13H2,(H2,19,20,23). The molecule has 3 N–H and O–H groups in total. The molecule has 1 saturated carbocycles. The first-order valence-electron chi connectivity index (χ1n) is 8.73. The fourth-order valence-corrected chi connectivity index (χ4v) is 3.36. The molecule has 23 heavy (non-hydrogen) atoms. The summed E-state index contributed by atoms with van der Waals surface area (Å²) in [4.78, 5) is 14.4. The fourth-order valence-electron chi connectivity index (χ4n) is 3.36. The number of hydrogen-bond donors (Lipinski definition) is 3. The number of carbonyl (C=O) groups excluding carboxylic acids is 1. The van der Waals surface area contributed by atoms with Crippen LogP contribution in [-0.2, 0) is 0 Å². The molecule has 1 atom stereocenters. The van der Waals surface area contributed by atoms with E-state index in [-0.39, 0.29) is 12.6 Å². The predicted molar refractivity (Wildman–Crippen MR) is 91.7 cm³/mol. The van der Waals surface area contributed by atoms with Crippen LogP contribution in [0.4, 0.5) is 10.5 Å². The minimum absolute atomic E-state index is 0.131. The number of amides is 2. The van der Waals surface area contributed by atoms with Crippen molar-refractivity contribution in [1.82, 2.24) is 10.2 Å². The zero-order valence-corrected chi connectivity index (χ0v) is 13.6. The van der Waals surface area contributed by atoms with Crippen molar-refractivity contribution in [2.24, 2.45) is 5.92 Å². The third-order valence-electron chi connectivity index (χ3n) is 4.80. The second-order valence-corrected chi connectivity index (χ2v) is 6.73. The maximum absolute atomic E-state index is 12.1. The van der Waals surface area contributed by atoms with Gasteiger partial charge in [0.15, 0.2) is 0 Å². The average molecular weight is 317 g/mol. The Kier molecular flexibility index (Phi) is 5.51. The van der Waals surface area contributed by atoms with Gasteiger partial charge < -0.3 is 20.6 Å². The summed E-state index contributed by atoms with van der Waals surface area (Å²) in [5.41, 5.74) is 2.19. The molecule has 1 unspecified atom stereocenters. The molecule has 0 bridgehead atoms. The van der Waals surface area contributed by atoms with Gasteiger partial charge in [0.05, 0.1) is 0 Å². The summed E-state index contributed by atoms with van der Waals surface area (Å²) in [5.74, 6) is 1.01. The van der Waals surface area contributed by atoms with Crippen LogP contribution in [0, 0.1) is 5.92 Å². The van der Waals surface area contributed by atoms with E-state index in [0.717, 1.165) is 38.2 Å². The Morgan fingerprint density at radius 2 is 2.09 bits per heavy atom. The maximum atomic E-state index is 12.1. The number of anilines is 1. The van der Waals surface area contributed by atoms with Crippen molar-refractivity contribution < 1.29 is 9.90 Å². The van der Waals surface area contributed by atoms with Gasteiger partial charge in [0.1, 0.15) is 0 Å². The zero-order valence-electron chi connectivity index (χ0n) is 13.6. The Morgan fingerprint density at radius 3 is 2.87 bits per heavy atom. The predicted octanol–water partition coefficient (Wildman–Crippen LogP) is 2.39. The van der Waals surface area contributed by atoms with Gasteiger partial charge in [-0.05, 0) is 55.7 Å². The molecule has 1 heterocycles. The number of likely N-dealkylation sites (tertiary alicyclic amines) is 1. The molecule has 1 aromatic carbocycles. The summed E-state index contributed by atoms with van der Waals surface area (Å²) in [7, 11) is 0. The van der Waals surface area contributed by atoms with E-state index in [1.54, 1.807) is 0 Å². The Morgan fingerprint density at radius 1 is 1.26 bits per heavy atom. The van der Waals surface area contributed by atoms with Crippen LogP contribution in [0.3, 0.4) is 0 Å². The van der Waals surface area contributed by atoms with Gasteiger partial charge in [0, 0.05) is 31.9 Å². The van der Waals surface area contributed by atoms with Crippen molar-refractivity contribution >= 4 is 11.7 Å². The quantitative estimate of drug-likeness (QED) is 0.755. The number of hydrogen-bond acceptors (Lipinski definition) is 3. The van der Waals surface area contributed by atoms with Crippen molar-refractivity contribution in [3.63, 3.8) is 0 Å². The number of nitrogens with one attached hydrogen (secondary N) is 2. The van der Waals surface area contributed by atoms with E-state index in [9.17, 15) is 9.90 Å². The molecular weight excluding hydrogens is 290 g/mol. The number of urea groups is 1. The third kappa shape index (κ3) is 4.69. The molecule has 1 aliphatic carbocycles. The maximum Gasteiger partial charge on any atom is 0.319 e. The van der Waals surface area contributed by atoms with Crippen molar-refractivity contribution in [1.29, 1.82) is 0 Å². The van der Waals surface area contributed by atoms with Crippen molar-refractivity contribution in [3.05, 3.63) is 29.8 Å². The Hall–Kier alpha value is -1.59. The smallest absolute Gasteiger partial charge is 0.319 e. The highest BCUT2D eigenvalue weighted by Gasteiger charge is 2.26. The van der Waals surface area contributed by atoms with E-state index in [0.29, 0.717) is 18.4 Å². The van der Waals surface area contributed by atoms with E-state index < -0.39 is 0 Å². The SMILES string of the molecule is O=C(NCCN1CCCC(CO)C1)Nc1ccccc1C1CC1. The highest BCUT2D eigenvalue weighted by atomic mass is 16.3. The molecule has 1 saturated heterocycles. The number of benzene rings is 1. The van der Waals surface area contributed by atoms with E-state index in [1.165, 1.54) is 18.4 Å². The summed E-state index contributed by atoms with van der Waals surface area (Å²) in [5, 5.41) is 15.2. The molecule has 0 aromatic heterocycles. The van der Waals surface area contributed by atoms with E-state index >= 15 is 0 Å². The lowest BCUT2D eigenvalue weighted by Crippen LogP contribution is -2.42. The topological polar surface area (TPSA) is 64.6 Å². The van der Waals surface area contributed by atoms with Gasteiger partial charge in [-0.15, -0.1) is 0 Å². The first-order valence-corrected chi connectivity index (χ1v) is 8.73. The highest BCUT2D eigenvalue weighted by molar-refractivity contribution is 5.90. The van der Waals surface area contributed by atoms with Crippen LogP contribution in [0.25, 0.3) is 0 Å². The minimum Gasteiger partial charge on any atom is -0.396 e. The molecule has 5 nitrogen and oxygen atoms in total. The highest BCUT2D eigenvalue weighted by Crippen LogP contribution is 2.43. The van der Waals surface area contributed by atoms with Crippen molar-refractivity contribution in [2.75, 3.05) is 38.1 Å². The lowest BCUT2D eigenvalue weighted by atomic mass is 9.99. The zero-order chi connectivity index (χ0) is 16.1. The van der Waals surface area contributed by atoms with Crippen LogP contribution >= 0.6 is 0 Å². The number of nitrogens with zero attached hydrogens (tertiary/aromatic N) is 1. The molecule has 5 heteroatoms. The molecule has 0 radical (unpaired) electrons. The largest absolute Gasteiger partial charge is 0.396 e. The monoisotopic (exact) mass is 317 g/mol. The molecule has 2 amide bonds. The molecule has 2 aliphatic rings. The minimum atomic E-state index is -0.131. The van der Waals surface area contributed by atoms with Gasteiger partial charge in [-0.1, -0.05) is 18.2 Å². The summed E-state index contributed by atoms with van der Waals surface area (Å²) in [6.45, 7) is 3.74. The summed E-state index contributed by atoms with van der Waals surface area (Å²) in [6, 6.07) is 7.95. The third-order valence-corrected chi connectivity index (χ3v) is 4.80. The van der Waals surface area contributed by atoms with E-state index in [4.69, 9.17) is 0 Å². The molecule has 3 rings (SSSR count). The van der Waals surface area contributed by atoms with E-state index in [1.807, 2.05) is 18.2 Å². The van der Waals surface area contributed by atoms with Gasteiger partial charge in [-0.3, -0.25) is 0 Å². The van der Waals surface area contributed by atoms with Gasteiger partial charge >= 0.3 is 6.03 Å². The molecule has 126 valence electrons. The van der Waals surface area contributed by atoms with Gasteiger partial charge in [-0.2, -0.15) is 0 Å². The Bertz CT molecular complexity index is 531. The van der Waals surface area contributed by atoms with Gasteiger partial charge in [-0.25, -0.2) is 4.79 Å². The number of aliphatic hydroxyl groups excluding tert-OH is 1. The number of rotatable bonds is 6. The number of aliphatic hydroxyl groups is 1. The summed E-state index contributed by atoms with van der Waals surface area (Å²) < 4.78 is 0. The average Bonchev–Trinajstić information content (AvgIpc) is 3.40. The van der Waals surface area contributed by atoms with Crippen LogP contribution in [0.1, 0.15) is 37.2 Å². The van der Waals surface area contributed by atoms with Crippen LogP contribution in [0.5, 0.6) is 0 Å². The lowest BCUT2D eigenvalue weighted by Gasteiger charge is -2.31. The molecule has 2 fully saturated rings. The first kappa shape index (κ1) is 16.3. The van der Waals surface area contributed by atoms with Gasteiger partial charge in [0.2, 0.25) is 0 Å². The van der Waals surface area contributed by atoms with Crippen LogP contribution in [0.2, 0.25) is 0 Å². The first-order chi connectivity index (χ1) is 11.3. The normalized spacial score (nSPS) is 21.9. The fraction of sp³-hybridized carbons (Fsp3) is 0.611. The Balaban J connectivity index is 1.41. The van der Waals surface area contributed by atoms with Crippen LogP contribution in [0.15, 0.2) is 24.3 Å². The van der Waals surface area contributed by atoms with E-state index in [2.05, 4.69) is 21.6 Å². The summed E-state index contributed by atoms with van der Waals surface area (Å²) >= 11 is 0. The summed E-state index contributed by atoms with van der Waals surface area (Å²) in [6.07, 6.45) is 4.69. The molecular formula is C18H27N3O2. The number of piperidine rings is 1. The Labute approximate surface area is 138 Å². The second-order valence-electron chi connectivity index (χ2n) is 6.73.